The van der Waals surface area contributed by atoms with Crippen LogP contribution in [0.3, 0.4) is 0 Å². The summed E-state index contributed by atoms with van der Waals surface area (Å²) in [7, 11) is 0. The first kappa shape index (κ1) is 7.76. The lowest BCUT2D eigenvalue weighted by molar-refractivity contribution is 0.183. The van der Waals surface area contributed by atoms with Gasteiger partial charge in [0.05, 0.1) is 18.1 Å². The van der Waals surface area contributed by atoms with E-state index >= 15 is 0 Å². The number of H-pyrrole nitrogens is 1. The zero-order valence-electron chi connectivity index (χ0n) is 7.25. The molecule has 66 valence electrons. The summed E-state index contributed by atoms with van der Waals surface area (Å²) < 4.78 is 0. The molecule has 1 aliphatic rings. The van der Waals surface area contributed by atoms with E-state index in [-0.39, 0.29) is 6.17 Å². The molecule has 1 atom stereocenters. The molecular formula is C8H14N4. The highest BCUT2D eigenvalue weighted by molar-refractivity contribution is 5.20. The Hall–Kier alpha value is -0.870. The van der Waals surface area contributed by atoms with Crippen molar-refractivity contribution in [1.82, 2.24) is 15.1 Å². The third kappa shape index (κ3) is 1.13. The lowest BCUT2D eigenvalue weighted by Crippen LogP contribution is -2.45. The second kappa shape index (κ2) is 2.88. The Labute approximate surface area is 71.7 Å². The van der Waals surface area contributed by atoms with Gasteiger partial charge in [-0.05, 0) is 12.1 Å². The van der Waals surface area contributed by atoms with Gasteiger partial charge in [0, 0.05) is 13.0 Å². The molecule has 4 nitrogen and oxygen atoms in total. The van der Waals surface area contributed by atoms with E-state index in [1.807, 2.05) is 6.20 Å². The quantitative estimate of drug-likeness (QED) is 0.621. The van der Waals surface area contributed by atoms with Gasteiger partial charge in [-0.3, -0.25) is 10.00 Å². The minimum absolute atomic E-state index is 0.167. The number of aromatic amines is 1. The summed E-state index contributed by atoms with van der Waals surface area (Å²) in [5, 5.41) is 6.99. The lowest BCUT2D eigenvalue weighted by Gasteiger charge is -2.31. The van der Waals surface area contributed by atoms with Gasteiger partial charge in [0.2, 0.25) is 0 Å². The summed E-state index contributed by atoms with van der Waals surface area (Å²) in [6, 6.07) is 0. The lowest BCUT2D eigenvalue weighted by atomic mass is 10.1. The van der Waals surface area contributed by atoms with E-state index in [9.17, 15) is 0 Å². The number of rotatable bonds is 1. The first-order valence-corrected chi connectivity index (χ1v) is 4.32. The molecule has 1 unspecified atom stereocenters. The van der Waals surface area contributed by atoms with E-state index in [4.69, 9.17) is 5.73 Å². The van der Waals surface area contributed by atoms with E-state index in [1.165, 1.54) is 11.3 Å². The van der Waals surface area contributed by atoms with Gasteiger partial charge < -0.3 is 5.73 Å². The molecule has 0 spiro atoms. The number of hydrogen-bond donors (Lipinski definition) is 2. The molecule has 1 aromatic rings. The number of nitrogens with one attached hydrogen (secondary N) is 1. The van der Waals surface area contributed by atoms with Crippen molar-refractivity contribution in [3.63, 3.8) is 0 Å². The normalized spacial score (nSPS) is 24.0. The molecule has 0 aromatic carbocycles. The Kier molecular flexibility index (Phi) is 1.86. The fraction of sp³-hybridized carbons (Fsp3) is 0.625. The Balaban J connectivity index is 2.23. The first-order chi connectivity index (χ1) is 5.81. The third-order valence-electron chi connectivity index (χ3n) is 2.47. The Bertz CT molecular complexity index is 268. The molecule has 2 heterocycles. The molecule has 3 N–H and O–H groups in total. The predicted octanol–water partition coefficient (Wildman–Crippen LogP) is 0.0725. The largest absolute Gasteiger partial charge is 0.315 e. The number of fused-ring (bicyclic) bond motifs is 1. The van der Waals surface area contributed by atoms with Crippen LogP contribution in [0.2, 0.25) is 0 Å². The standard InChI is InChI=1S/C8H14N4/c1-2-12-5-7-6(3-8(12)9)4-10-11-7/h4,8H,2-3,5,9H2,1H3,(H,10,11). The molecule has 0 radical (unpaired) electrons. The smallest absolute Gasteiger partial charge is 0.0617 e. The third-order valence-corrected chi connectivity index (χ3v) is 2.47. The summed E-state index contributed by atoms with van der Waals surface area (Å²) in [4.78, 5) is 2.24. The van der Waals surface area contributed by atoms with Crippen LogP contribution < -0.4 is 5.73 Å². The average Bonchev–Trinajstić information content (AvgIpc) is 2.49. The fourth-order valence-corrected chi connectivity index (χ4v) is 1.67. The summed E-state index contributed by atoms with van der Waals surface area (Å²) in [5.74, 6) is 0. The van der Waals surface area contributed by atoms with Gasteiger partial charge in [-0.15, -0.1) is 0 Å². The van der Waals surface area contributed by atoms with Crippen molar-refractivity contribution in [3.8, 4) is 0 Å². The van der Waals surface area contributed by atoms with Gasteiger partial charge in [0.15, 0.2) is 0 Å². The Morgan fingerprint density at radius 2 is 2.67 bits per heavy atom. The van der Waals surface area contributed by atoms with Crippen LogP contribution in [0.1, 0.15) is 18.2 Å². The minimum Gasteiger partial charge on any atom is -0.315 e. The molecule has 1 aliphatic heterocycles. The monoisotopic (exact) mass is 166 g/mol. The number of likely N-dealkylation sites (N-methyl/N-ethyl adjacent to an activating group) is 1. The number of aromatic nitrogens is 2. The maximum Gasteiger partial charge on any atom is 0.0617 e. The van der Waals surface area contributed by atoms with Crippen molar-refractivity contribution in [2.24, 2.45) is 5.73 Å². The highest BCUT2D eigenvalue weighted by atomic mass is 15.2. The van der Waals surface area contributed by atoms with Crippen molar-refractivity contribution in [1.29, 1.82) is 0 Å². The van der Waals surface area contributed by atoms with Gasteiger partial charge in [0.1, 0.15) is 0 Å². The maximum atomic E-state index is 5.95. The molecule has 4 heteroatoms. The van der Waals surface area contributed by atoms with Crippen molar-refractivity contribution in [2.45, 2.75) is 26.1 Å². The second-order valence-corrected chi connectivity index (χ2v) is 3.21. The van der Waals surface area contributed by atoms with Crippen LogP contribution in [0.4, 0.5) is 0 Å². The zero-order chi connectivity index (χ0) is 8.55. The summed E-state index contributed by atoms with van der Waals surface area (Å²) in [6.45, 7) is 4.04. The summed E-state index contributed by atoms with van der Waals surface area (Å²) in [5.41, 5.74) is 8.44. The molecule has 0 bridgehead atoms. The molecule has 0 saturated heterocycles. The van der Waals surface area contributed by atoms with Crippen LogP contribution in [0.15, 0.2) is 6.20 Å². The molecule has 1 aromatic heterocycles. The Morgan fingerprint density at radius 3 is 3.42 bits per heavy atom. The van der Waals surface area contributed by atoms with E-state index in [1.54, 1.807) is 0 Å². The minimum atomic E-state index is 0.167. The first-order valence-electron chi connectivity index (χ1n) is 4.32. The zero-order valence-corrected chi connectivity index (χ0v) is 7.25. The van der Waals surface area contributed by atoms with Crippen molar-refractivity contribution >= 4 is 0 Å². The van der Waals surface area contributed by atoms with Crippen molar-refractivity contribution in [2.75, 3.05) is 6.54 Å². The van der Waals surface area contributed by atoms with Crippen molar-refractivity contribution in [3.05, 3.63) is 17.5 Å². The van der Waals surface area contributed by atoms with Gasteiger partial charge in [-0.1, -0.05) is 6.92 Å². The molecular weight excluding hydrogens is 152 g/mol. The number of hydrogen-bond acceptors (Lipinski definition) is 3. The highest BCUT2D eigenvalue weighted by Gasteiger charge is 2.22. The fourth-order valence-electron chi connectivity index (χ4n) is 1.67. The van der Waals surface area contributed by atoms with Crippen LogP contribution in [-0.4, -0.2) is 27.8 Å². The van der Waals surface area contributed by atoms with Crippen LogP contribution in [0.5, 0.6) is 0 Å². The molecule has 0 saturated carbocycles. The van der Waals surface area contributed by atoms with Gasteiger partial charge in [-0.2, -0.15) is 5.10 Å². The summed E-state index contributed by atoms with van der Waals surface area (Å²) in [6.07, 6.45) is 2.96. The average molecular weight is 166 g/mol. The van der Waals surface area contributed by atoms with Gasteiger partial charge >= 0.3 is 0 Å². The number of nitrogens with zero attached hydrogens (tertiary/aromatic N) is 2. The van der Waals surface area contributed by atoms with Gasteiger partial charge in [0.25, 0.3) is 0 Å². The van der Waals surface area contributed by atoms with Crippen LogP contribution in [0, 0.1) is 0 Å². The van der Waals surface area contributed by atoms with E-state index in [2.05, 4.69) is 22.0 Å². The Morgan fingerprint density at radius 1 is 1.83 bits per heavy atom. The van der Waals surface area contributed by atoms with Crippen LogP contribution >= 0.6 is 0 Å². The van der Waals surface area contributed by atoms with Crippen LogP contribution in [-0.2, 0) is 13.0 Å². The molecule has 2 rings (SSSR count). The van der Waals surface area contributed by atoms with E-state index in [0.717, 1.165) is 19.5 Å². The SMILES string of the molecule is CCN1Cc2[nH]ncc2CC1N. The highest BCUT2D eigenvalue weighted by Crippen LogP contribution is 2.17. The van der Waals surface area contributed by atoms with Crippen LogP contribution in [0.25, 0.3) is 0 Å². The van der Waals surface area contributed by atoms with Gasteiger partial charge in [-0.25, -0.2) is 0 Å². The second-order valence-electron chi connectivity index (χ2n) is 3.21. The molecule has 0 amide bonds. The molecule has 0 aliphatic carbocycles. The molecule has 0 fully saturated rings. The summed E-state index contributed by atoms with van der Waals surface area (Å²) >= 11 is 0. The molecule has 12 heavy (non-hydrogen) atoms. The van der Waals surface area contributed by atoms with E-state index in [0.29, 0.717) is 0 Å². The maximum absolute atomic E-state index is 5.95. The van der Waals surface area contributed by atoms with E-state index < -0.39 is 0 Å². The van der Waals surface area contributed by atoms with Crippen molar-refractivity contribution < 1.29 is 0 Å². The predicted molar refractivity (Wildman–Crippen MR) is 46.4 cm³/mol. The number of nitrogens with two attached hydrogens (primary N) is 1. The topological polar surface area (TPSA) is 57.9 Å².